The number of aromatic nitrogens is 1. The van der Waals surface area contributed by atoms with Crippen molar-refractivity contribution in [2.45, 2.75) is 83.4 Å². The van der Waals surface area contributed by atoms with Crippen molar-refractivity contribution in [1.29, 1.82) is 0 Å². The topological polar surface area (TPSA) is 164 Å². The Bertz CT molecular complexity index is 1510. The zero-order chi connectivity index (χ0) is 31.9. The molecule has 5 heterocycles. The molecule has 44 heavy (non-hydrogen) atoms. The van der Waals surface area contributed by atoms with Crippen molar-refractivity contribution < 1.29 is 29.7 Å². The van der Waals surface area contributed by atoms with Crippen LogP contribution in [0, 0.1) is 18.8 Å². The monoisotopic (exact) mass is 623 g/mol. The van der Waals surface area contributed by atoms with Crippen molar-refractivity contribution in [3.63, 3.8) is 0 Å². The van der Waals surface area contributed by atoms with Crippen molar-refractivity contribution in [2.75, 3.05) is 5.75 Å². The van der Waals surface area contributed by atoms with Crippen molar-refractivity contribution in [3.8, 4) is 0 Å². The first-order valence-corrected chi connectivity index (χ1v) is 16.3. The molecule has 4 aliphatic heterocycles. The van der Waals surface area contributed by atoms with Crippen LogP contribution in [0.2, 0.25) is 0 Å². The molecule has 5 rings (SSSR count). The van der Waals surface area contributed by atoms with Crippen LogP contribution in [0.4, 0.5) is 0 Å². The third-order valence-electron chi connectivity index (χ3n) is 9.49. The average molecular weight is 624 g/mol. The number of carbonyl (C=O) groups is 3. The number of aliphatic hydroxyl groups excluding tert-OH is 1. The lowest BCUT2D eigenvalue weighted by Crippen LogP contribution is -2.36. The minimum absolute atomic E-state index is 0.0299. The van der Waals surface area contributed by atoms with Gasteiger partial charge in [-0.2, -0.15) is 0 Å². The molecule has 0 spiro atoms. The number of thiol groups is 1. The first-order chi connectivity index (χ1) is 20.9. The van der Waals surface area contributed by atoms with E-state index in [9.17, 15) is 29.7 Å². The maximum Gasteiger partial charge on any atom is 0.303 e. The molecule has 2 saturated heterocycles. The minimum Gasteiger partial charge on any atom is -0.481 e. The highest BCUT2D eigenvalue weighted by atomic mass is 32.2. The Balaban J connectivity index is 1.51. The van der Waals surface area contributed by atoms with Gasteiger partial charge in [0.15, 0.2) is 17.3 Å². The molecule has 1 aromatic rings. The Kier molecular flexibility index (Phi) is 9.29. The highest BCUT2D eigenvalue weighted by Gasteiger charge is 2.52. The number of hydrogen-bond donors (Lipinski definition) is 7. The van der Waals surface area contributed by atoms with E-state index in [-0.39, 0.29) is 48.6 Å². The summed E-state index contributed by atoms with van der Waals surface area (Å²) < 4.78 is 0. The second kappa shape index (κ2) is 12.8. The van der Waals surface area contributed by atoms with E-state index in [2.05, 4.69) is 27.5 Å². The predicted octanol–water partition coefficient (Wildman–Crippen LogP) is 2.37. The van der Waals surface area contributed by atoms with Crippen LogP contribution in [-0.2, 0) is 32.6 Å². The van der Waals surface area contributed by atoms with Gasteiger partial charge in [-0.3, -0.25) is 14.4 Å². The molecular weight excluding hydrogens is 580 g/mol. The molecule has 236 valence electrons. The fraction of sp³-hybridized carbons (Fsp3) is 0.485. The van der Waals surface area contributed by atoms with E-state index < -0.39 is 12.3 Å². The Hall–Kier alpha value is -3.54. The van der Waals surface area contributed by atoms with Gasteiger partial charge < -0.3 is 36.3 Å². The van der Waals surface area contributed by atoms with E-state index in [1.807, 2.05) is 39.8 Å². The molecule has 1 aromatic heterocycles. The van der Waals surface area contributed by atoms with Crippen LogP contribution in [0.15, 0.2) is 46.3 Å². The summed E-state index contributed by atoms with van der Waals surface area (Å²) in [5.41, 5.74) is 8.68. The molecular formula is C33H43N4O6S+. The summed E-state index contributed by atoms with van der Waals surface area (Å²) in [6.45, 7) is 11.7. The number of aromatic amines is 1. The van der Waals surface area contributed by atoms with Crippen LogP contribution >= 0.6 is 0 Å². The molecule has 0 aliphatic carbocycles. The van der Waals surface area contributed by atoms with E-state index in [0.29, 0.717) is 30.1 Å². The third kappa shape index (κ3) is 6.45. The maximum absolute atomic E-state index is 12.6. The van der Waals surface area contributed by atoms with E-state index >= 15 is 0 Å². The number of hydrogen-bond acceptors (Lipinski definition) is 6. The number of carboxylic acid groups (broad SMARTS) is 1. The number of amides is 2. The zero-order valence-corrected chi connectivity index (χ0v) is 26.6. The molecule has 2 amide bonds. The summed E-state index contributed by atoms with van der Waals surface area (Å²) in [5, 5.41) is 39.0. The quantitative estimate of drug-likeness (QED) is 0.0813. The molecule has 0 aromatic carbocycles. The summed E-state index contributed by atoms with van der Waals surface area (Å²) in [6.07, 6.45) is 5.60. The van der Waals surface area contributed by atoms with E-state index in [1.165, 1.54) is 11.8 Å². The van der Waals surface area contributed by atoms with Crippen molar-refractivity contribution >= 4 is 41.7 Å². The summed E-state index contributed by atoms with van der Waals surface area (Å²) in [6, 6.07) is -0.267. The Morgan fingerprint density at radius 1 is 1.07 bits per heavy atom. The summed E-state index contributed by atoms with van der Waals surface area (Å²) in [7, 11) is 0. The van der Waals surface area contributed by atoms with Crippen LogP contribution < -0.4 is 16.0 Å². The Morgan fingerprint density at radius 3 is 2.39 bits per heavy atom. The average Bonchev–Trinajstić information content (AvgIpc) is 3.53. The van der Waals surface area contributed by atoms with Crippen LogP contribution in [0.1, 0.15) is 69.0 Å². The minimum atomic E-state index is -1.45. The van der Waals surface area contributed by atoms with Gasteiger partial charge in [0.25, 0.3) is 5.91 Å². The molecule has 5 atom stereocenters. The molecule has 0 bridgehead atoms. The number of aliphatic carboxylic acids is 1. The van der Waals surface area contributed by atoms with Gasteiger partial charge in [-0.05, 0) is 91.8 Å². The number of carbonyl (C=O) groups excluding carboxylic acids is 2. The van der Waals surface area contributed by atoms with Crippen molar-refractivity contribution in [3.05, 3.63) is 68.9 Å². The van der Waals surface area contributed by atoms with Crippen molar-refractivity contribution in [1.82, 2.24) is 20.9 Å². The summed E-state index contributed by atoms with van der Waals surface area (Å²) in [5.74, 6) is 0.150. The molecule has 1 unspecified atom stereocenters. The van der Waals surface area contributed by atoms with E-state index in [1.54, 1.807) is 6.08 Å². The Morgan fingerprint density at radius 2 is 1.77 bits per heavy atom. The standard InChI is InChI=1S/C33H42N4O6S/c1-6-19-15(2)24(36-33(19)43)11-22-16(3)20(7-9-29(38)39)25(34-22)13-26-21(8-10-30(40)41)17(4)23(35-26)12-27-31(28-14-44-28)18(5)32(42)37-27/h6,12-13,18,22,24,28-29,31,34-35,38-39H,1,7-11,14H2,2-5H3,(H,36,43)(H,37,42)(H,40,41)/p+1/b25-13-,27-12-/t18-,22?,24-,28+,31-/m1/s1. The highest BCUT2D eigenvalue weighted by Crippen LogP contribution is 2.39. The molecule has 10 nitrogen and oxygen atoms in total. The second-order valence-electron chi connectivity index (χ2n) is 12.3. The number of carboxylic acids is 1. The zero-order valence-electron chi connectivity index (χ0n) is 25.7. The number of aliphatic hydroxyl groups is 2. The van der Waals surface area contributed by atoms with Crippen LogP contribution in [0.25, 0.3) is 12.2 Å². The van der Waals surface area contributed by atoms with Gasteiger partial charge in [0.05, 0.1) is 12.0 Å². The van der Waals surface area contributed by atoms with Gasteiger partial charge in [-0.25, -0.2) is 0 Å². The van der Waals surface area contributed by atoms with Gasteiger partial charge >= 0.3 is 5.97 Å². The van der Waals surface area contributed by atoms with E-state index in [0.717, 1.165) is 56.4 Å². The molecule has 11 heteroatoms. The fourth-order valence-electron chi connectivity index (χ4n) is 6.74. The third-order valence-corrected chi connectivity index (χ3v) is 10.6. The number of nitrogens with one attached hydrogen (secondary N) is 4. The van der Waals surface area contributed by atoms with Gasteiger partial charge in [0.2, 0.25) is 5.91 Å². The van der Waals surface area contributed by atoms with Crippen LogP contribution in [-0.4, -0.2) is 67.5 Å². The molecule has 0 radical (unpaired) electrons. The van der Waals surface area contributed by atoms with Crippen LogP contribution in [0.3, 0.4) is 0 Å². The highest BCUT2D eigenvalue weighted by molar-refractivity contribution is 7.86. The van der Waals surface area contributed by atoms with Gasteiger partial charge in [0.1, 0.15) is 0 Å². The maximum atomic E-state index is 12.6. The number of allylic oxidation sites excluding steroid dienone is 2. The second-order valence-corrected chi connectivity index (χ2v) is 13.7. The molecule has 7 N–H and O–H groups in total. The normalized spacial score (nSPS) is 28.4. The van der Waals surface area contributed by atoms with Gasteiger partial charge in [0, 0.05) is 53.2 Å². The van der Waals surface area contributed by atoms with E-state index in [4.69, 9.17) is 0 Å². The number of rotatable bonds is 12. The first-order valence-electron chi connectivity index (χ1n) is 15.2. The molecule has 0 saturated carbocycles. The smallest absolute Gasteiger partial charge is 0.303 e. The lowest BCUT2D eigenvalue weighted by Gasteiger charge is -2.20. The lowest BCUT2D eigenvalue weighted by atomic mass is 9.91. The summed E-state index contributed by atoms with van der Waals surface area (Å²) >= 11 is 1.36. The first kappa shape index (κ1) is 31.9. The number of H-pyrrole nitrogens is 1. The van der Waals surface area contributed by atoms with Crippen LogP contribution in [0.5, 0.6) is 0 Å². The fourth-order valence-corrected chi connectivity index (χ4v) is 7.74. The largest absolute Gasteiger partial charge is 0.481 e. The van der Waals surface area contributed by atoms with Gasteiger partial charge in [-0.1, -0.05) is 19.6 Å². The van der Waals surface area contributed by atoms with Gasteiger partial charge in [-0.15, -0.1) is 0 Å². The lowest BCUT2D eigenvalue weighted by molar-refractivity contribution is -0.137. The summed E-state index contributed by atoms with van der Waals surface area (Å²) in [4.78, 5) is 40.1. The molecule has 2 fully saturated rings. The predicted molar refractivity (Wildman–Crippen MR) is 172 cm³/mol. The Labute approximate surface area is 261 Å². The molecule has 4 aliphatic rings. The SMILES string of the molecule is C=CC1=C(C)[C@@H](CC2N/C(=C\c3[nH]c(/C=C4\NC(=O)[C@H](C)[C@H]4[C@@H]4C[SH+]4)c(C)c3CCC(=O)O)C(CCC(O)O)=C2C)NC1=O. The van der Waals surface area contributed by atoms with Crippen molar-refractivity contribution in [2.24, 2.45) is 11.8 Å².